The van der Waals surface area contributed by atoms with Crippen molar-refractivity contribution in [1.82, 2.24) is 0 Å². The topological polar surface area (TPSA) is 29.5 Å². The van der Waals surface area contributed by atoms with Crippen molar-refractivity contribution in [3.8, 4) is 0 Å². The maximum Gasteiger partial charge on any atom is 0.109 e. The summed E-state index contributed by atoms with van der Waals surface area (Å²) in [5.41, 5.74) is 0. The Morgan fingerprint density at radius 1 is 1.70 bits per heavy atom. The van der Waals surface area contributed by atoms with Crippen LogP contribution in [0.5, 0.6) is 0 Å². The lowest BCUT2D eigenvalue weighted by molar-refractivity contribution is 0.135. The Kier molecular flexibility index (Phi) is 2.51. The summed E-state index contributed by atoms with van der Waals surface area (Å²) in [6.45, 7) is 0. The van der Waals surface area contributed by atoms with E-state index < -0.39 is 0 Å². The van der Waals surface area contributed by atoms with Crippen molar-refractivity contribution in [2.75, 3.05) is 7.11 Å². The van der Waals surface area contributed by atoms with Gasteiger partial charge in [0.15, 0.2) is 0 Å². The average molecular weight is 205 g/mol. The minimum atomic E-state index is -0.0949. The number of hydrogen-bond donors (Lipinski definition) is 1. The van der Waals surface area contributed by atoms with Gasteiger partial charge in [0.25, 0.3) is 0 Å². The number of aliphatic hydroxyl groups is 1. The maximum absolute atomic E-state index is 9.16. The Morgan fingerprint density at radius 3 is 2.90 bits per heavy atom. The predicted molar refractivity (Wildman–Crippen MR) is 43.4 cm³/mol. The van der Waals surface area contributed by atoms with Gasteiger partial charge >= 0.3 is 0 Å². The van der Waals surface area contributed by atoms with Gasteiger partial charge in [0.1, 0.15) is 10.6 Å². The molecule has 0 saturated heterocycles. The van der Waals surface area contributed by atoms with E-state index in [1.165, 1.54) is 0 Å². The number of hydrogen-bond acceptors (Lipinski definition) is 2. The van der Waals surface area contributed by atoms with Crippen LogP contribution in [0.3, 0.4) is 0 Å². The maximum atomic E-state index is 9.16. The van der Waals surface area contributed by atoms with E-state index in [0.29, 0.717) is 5.76 Å². The first-order chi connectivity index (χ1) is 4.75. The molecule has 0 fully saturated rings. The number of halogens is 1. The molecule has 0 spiro atoms. The fourth-order valence-corrected chi connectivity index (χ4v) is 1.36. The molecule has 1 aliphatic rings. The number of ether oxygens (including phenoxy) is 1. The molecule has 56 valence electrons. The van der Waals surface area contributed by atoms with Crippen LogP contribution in [0.15, 0.2) is 24.0 Å². The van der Waals surface area contributed by atoms with Crippen molar-refractivity contribution in [2.45, 2.75) is 10.9 Å². The summed E-state index contributed by atoms with van der Waals surface area (Å²) in [5.74, 6) is 0.314. The zero-order valence-electron chi connectivity index (χ0n) is 5.62. The second-order valence-corrected chi connectivity index (χ2v) is 3.07. The minimum absolute atomic E-state index is 0.0509. The normalized spacial score (nSPS) is 32.0. The van der Waals surface area contributed by atoms with Gasteiger partial charge in [-0.05, 0) is 6.08 Å². The first-order valence-electron chi connectivity index (χ1n) is 3.00. The molecule has 0 saturated carbocycles. The van der Waals surface area contributed by atoms with Crippen LogP contribution in [0.25, 0.3) is 0 Å². The summed E-state index contributed by atoms with van der Waals surface area (Å²) in [6.07, 6.45) is 5.26. The van der Waals surface area contributed by atoms with E-state index in [-0.39, 0.29) is 10.9 Å². The summed E-state index contributed by atoms with van der Waals surface area (Å²) in [7, 11) is 1.61. The molecule has 1 N–H and O–H groups in total. The molecule has 2 unspecified atom stereocenters. The Bertz CT molecular complexity index is 174. The van der Waals surface area contributed by atoms with Crippen molar-refractivity contribution in [3.63, 3.8) is 0 Å². The lowest BCUT2D eigenvalue weighted by atomic mass is 10.1. The van der Waals surface area contributed by atoms with Gasteiger partial charge in [0.2, 0.25) is 0 Å². The lowest BCUT2D eigenvalue weighted by Crippen LogP contribution is -2.24. The summed E-state index contributed by atoms with van der Waals surface area (Å²) in [6, 6.07) is 0. The van der Waals surface area contributed by atoms with Crippen LogP contribution in [0.1, 0.15) is 0 Å². The molecule has 10 heavy (non-hydrogen) atoms. The average Bonchev–Trinajstić information content (AvgIpc) is 1.95. The third kappa shape index (κ3) is 1.41. The fraction of sp³-hybridized carbons (Fsp3) is 0.429. The van der Waals surface area contributed by atoms with E-state index in [4.69, 9.17) is 9.84 Å². The molecule has 0 aromatic carbocycles. The van der Waals surface area contributed by atoms with Gasteiger partial charge in [-0.1, -0.05) is 28.1 Å². The number of methoxy groups -OCH3 is 1. The van der Waals surface area contributed by atoms with Crippen molar-refractivity contribution in [1.29, 1.82) is 0 Å². The third-order valence-corrected chi connectivity index (χ3v) is 2.40. The molecule has 0 aliphatic heterocycles. The highest BCUT2D eigenvalue weighted by Crippen LogP contribution is 2.20. The number of alkyl halides is 1. The highest BCUT2D eigenvalue weighted by Gasteiger charge is 2.21. The van der Waals surface area contributed by atoms with Gasteiger partial charge in [0.05, 0.1) is 6.10 Å². The molecule has 0 bridgehead atoms. The van der Waals surface area contributed by atoms with E-state index in [1.807, 2.05) is 6.08 Å². The summed E-state index contributed by atoms with van der Waals surface area (Å²) < 4.78 is 5.04. The van der Waals surface area contributed by atoms with Crippen LogP contribution in [-0.2, 0) is 4.74 Å². The fourth-order valence-electron chi connectivity index (χ4n) is 0.819. The Hall–Kier alpha value is -0.280. The number of rotatable bonds is 1. The van der Waals surface area contributed by atoms with Gasteiger partial charge in [-0.3, -0.25) is 0 Å². The van der Waals surface area contributed by atoms with Crippen LogP contribution in [0.4, 0.5) is 0 Å². The predicted octanol–water partition coefficient (Wildman–Crippen LogP) is 1.78. The SMILES string of the molecule is COC1C=CC=C(O)C1Br. The minimum Gasteiger partial charge on any atom is -0.511 e. The molecule has 0 radical (unpaired) electrons. The van der Waals surface area contributed by atoms with E-state index in [0.717, 1.165) is 0 Å². The zero-order valence-corrected chi connectivity index (χ0v) is 7.21. The van der Waals surface area contributed by atoms with E-state index >= 15 is 0 Å². The zero-order chi connectivity index (χ0) is 7.56. The number of allylic oxidation sites excluding steroid dienone is 2. The molecule has 0 amide bonds. The van der Waals surface area contributed by atoms with Crippen LogP contribution in [-0.4, -0.2) is 23.1 Å². The first kappa shape index (κ1) is 7.82. The Morgan fingerprint density at radius 2 is 2.40 bits per heavy atom. The third-order valence-electron chi connectivity index (χ3n) is 1.41. The molecular weight excluding hydrogens is 196 g/mol. The highest BCUT2D eigenvalue weighted by molar-refractivity contribution is 9.09. The van der Waals surface area contributed by atoms with Gasteiger partial charge in [-0.2, -0.15) is 0 Å². The smallest absolute Gasteiger partial charge is 0.109 e. The molecule has 1 rings (SSSR count). The summed E-state index contributed by atoms with van der Waals surface area (Å²) in [4.78, 5) is -0.0949. The number of aliphatic hydroxyl groups excluding tert-OH is 1. The molecule has 1 aliphatic carbocycles. The quantitative estimate of drug-likeness (QED) is 0.661. The Balaban J connectivity index is 2.68. The van der Waals surface area contributed by atoms with E-state index in [9.17, 15) is 0 Å². The second kappa shape index (κ2) is 3.21. The van der Waals surface area contributed by atoms with E-state index in [2.05, 4.69) is 15.9 Å². The Labute approximate surface area is 68.3 Å². The first-order valence-corrected chi connectivity index (χ1v) is 3.91. The van der Waals surface area contributed by atoms with Crippen molar-refractivity contribution in [2.24, 2.45) is 0 Å². The standard InChI is InChI=1S/C7H9BrO2/c1-10-6-4-2-3-5(9)7(6)8/h2-4,6-7,9H,1H3. The van der Waals surface area contributed by atoms with Gasteiger partial charge in [-0.15, -0.1) is 0 Å². The van der Waals surface area contributed by atoms with Crippen molar-refractivity contribution in [3.05, 3.63) is 24.0 Å². The molecule has 0 heterocycles. The van der Waals surface area contributed by atoms with E-state index in [1.54, 1.807) is 19.3 Å². The molecule has 2 nitrogen and oxygen atoms in total. The van der Waals surface area contributed by atoms with Crippen molar-refractivity contribution >= 4 is 15.9 Å². The molecular formula is C7H9BrO2. The largest absolute Gasteiger partial charge is 0.511 e. The van der Waals surface area contributed by atoms with Gasteiger partial charge < -0.3 is 9.84 Å². The molecule has 0 aromatic rings. The molecule has 2 atom stereocenters. The van der Waals surface area contributed by atoms with Gasteiger partial charge in [0, 0.05) is 7.11 Å². The second-order valence-electron chi connectivity index (χ2n) is 2.08. The van der Waals surface area contributed by atoms with Crippen LogP contribution < -0.4 is 0 Å². The van der Waals surface area contributed by atoms with Crippen molar-refractivity contribution < 1.29 is 9.84 Å². The molecule has 0 aromatic heterocycles. The van der Waals surface area contributed by atoms with Crippen LogP contribution in [0, 0.1) is 0 Å². The van der Waals surface area contributed by atoms with Crippen LogP contribution in [0.2, 0.25) is 0 Å². The van der Waals surface area contributed by atoms with Crippen LogP contribution >= 0.6 is 15.9 Å². The monoisotopic (exact) mass is 204 g/mol. The summed E-state index contributed by atoms with van der Waals surface area (Å²) in [5, 5.41) is 9.16. The summed E-state index contributed by atoms with van der Waals surface area (Å²) >= 11 is 3.29. The lowest BCUT2D eigenvalue weighted by Gasteiger charge is -2.19. The molecule has 3 heteroatoms. The van der Waals surface area contributed by atoms with Gasteiger partial charge in [-0.25, -0.2) is 0 Å². The highest BCUT2D eigenvalue weighted by atomic mass is 79.9.